The second-order valence-corrected chi connectivity index (χ2v) is 6.40. The molecule has 0 amide bonds. The summed E-state index contributed by atoms with van der Waals surface area (Å²) >= 11 is 1.86. The summed E-state index contributed by atoms with van der Waals surface area (Å²) in [6, 6.07) is 10.4. The van der Waals surface area contributed by atoms with Crippen molar-refractivity contribution >= 4 is 11.8 Å². The van der Waals surface area contributed by atoms with E-state index in [9.17, 15) is 5.11 Å². The van der Waals surface area contributed by atoms with Gasteiger partial charge in [-0.25, -0.2) is 0 Å². The molecule has 0 atom stereocenters. The number of nitrogens with zero attached hydrogens (tertiary/aromatic N) is 1. The first-order valence-corrected chi connectivity index (χ1v) is 7.83. The third-order valence-electron chi connectivity index (χ3n) is 3.47. The fourth-order valence-corrected chi connectivity index (χ4v) is 3.32. The van der Waals surface area contributed by atoms with E-state index in [0.29, 0.717) is 13.2 Å². The number of benzene rings is 1. The third kappa shape index (κ3) is 5.15. The van der Waals surface area contributed by atoms with Gasteiger partial charge in [0, 0.05) is 49.8 Å². The Labute approximate surface area is 120 Å². The molecule has 1 fully saturated rings. The largest absolute Gasteiger partial charge is 0.388 e. The van der Waals surface area contributed by atoms with E-state index < -0.39 is 5.60 Å². The normalized spacial score (nSPS) is 18.7. The lowest BCUT2D eigenvalue weighted by molar-refractivity contribution is -0.0762. The van der Waals surface area contributed by atoms with Gasteiger partial charge in [-0.1, -0.05) is 18.2 Å². The highest BCUT2D eigenvalue weighted by atomic mass is 32.2. The van der Waals surface area contributed by atoms with Gasteiger partial charge in [0.1, 0.15) is 0 Å². The van der Waals surface area contributed by atoms with Gasteiger partial charge in [-0.3, -0.25) is 0 Å². The van der Waals surface area contributed by atoms with Gasteiger partial charge >= 0.3 is 0 Å². The Morgan fingerprint density at radius 3 is 2.63 bits per heavy atom. The molecule has 19 heavy (non-hydrogen) atoms. The second-order valence-electron chi connectivity index (χ2n) is 5.24. The van der Waals surface area contributed by atoms with E-state index in [1.54, 1.807) is 0 Å². The molecule has 1 aromatic carbocycles. The Balaban J connectivity index is 1.68. The second kappa shape index (κ2) is 7.29. The van der Waals surface area contributed by atoms with Crippen LogP contribution in [0.5, 0.6) is 0 Å². The van der Waals surface area contributed by atoms with Crippen molar-refractivity contribution in [2.75, 3.05) is 39.1 Å². The first-order valence-electron chi connectivity index (χ1n) is 6.84. The number of hydrogen-bond acceptors (Lipinski definition) is 4. The summed E-state index contributed by atoms with van der Waals surface area (Å²) in [5.74, 6) is 1.05. The number of likely N-dealkylation sites (N-methyl/N-ethyl adjacent to an activating group) is 1. The summed E-state index contributed by atoms with van der Waals surface area (Å²) in [6.45, 7) is 3.10. The molecule has 2 rings (SSSR count). The number of aliphatic hydroxyl groups is 1. The molecule has 0 aliphatic carbocycles. The first kappa shape index (κ1) is 14.9. The zero-order valence-electron chi connectivity index (χ0n) is 11.5. The monoisotopic (exact) mass is 281 g/mol. The van der Waals surface area contributed by atoms with E-state index in [2.05, 4.69) is 36.2 Å². The van der Waals surface area contributed by atoms with Crippen LogP contribution in [-0.2, 0) is 4.74 Å². The van der Waals surface area contributed by atoms with Gasteiger partial charge in [-0.05, 0) is 19.2 Å². The van der Waals surface area contributed by atoms with Crippen LogP contribution in [0.2, 0.25) is 0 Å². The SMILES string of the molecule is CN(CCSc1ccccc1)CC1(O)CCOCC1. The van der Waals surface area contributed by atoms with Crippen LogP contribution in [0.3, 0.4) is 0 Å². The molecule has 106 valence electrons. The first-order chi connectivity index (χ1) is 9.18. The molecule has 3 nitrogen and oxygen atoms in total. The lowest BCUT2D eigenvalue weighted by atomic mass is 9.94. The molecular formula is C15H23NO2S. The Morgan fingerprint density at radius 1 is 1.26 bits per heavy atom. The average molecular weight is 281 g/mol. The molecule has 0 radical (unpaired) electrons. The van der Waals surface area contributed by atoms with Gasteiger partial charge in [0.05, 0.1) is 5.60 Å². The Kier molecular flexibility index (Phi) is 5.70. The zero-order chi connectivity index (χ0) is 13.6. The predicted octanol–water partition coefficient (Wildman–Crippen LogP) is 2.25. The van der Waals surface area contributed by atoms with Crippen LogP contribution in [0, 0.1) is 0 Å². The molecule has 1 aliphatic heterocycles. The van der Waals surface area contributed by atoms with Crippen LogP contribution in [0.25, 0.3) is 0 Å². The summed E-state index contributed by atoms with van der Waals surface area (Å²) in [5.41, 5.74) is -0.551. The van der Waals surface area contributed by atoms with E-state index >= 15 is 0 Å². The van der Waals surface area contributed by atoms with Crippen LogP contribution >= 0.6 is 11.8 Å². The van der Waals surface area contributed by atoms with Gasteiger partial charge in [0.2, 0.25) is 0 Å². The van der Waals surface area contributed by atoms with Crippen molar-refractivity contribution in [3.05, 3.63) is 30.3 Å². The maximum absolute atomic E-state index is 10.4. The zero-order valence-corrected chi connectivity index (χ0v) is 12.4. The molecule has 0 unspecified atom stereocenters. The Bertz CT molecular complexity index is 366. The predicted molar refractivity (Wildman–Crippen MR) is 79.7 cm³/mol. The maximum atomic E-state index is 10.4. The quantitative estimate of drug-likeness (QED) is 0.811. The average Bonchev–Trinajstić information content (AvgIpc) is 2.40. The van der Waals surface area contributed by atoms with Crippen molar-refractivity contribution in [1.82, 2.24) is 4.90 Å². The number of ether oxygens (including phenoxy) is 1. The molecule has 1 N–H and O–H groups in total. The number of hydrogen-bond donors (Lipinski definition) is 1. The highest BCUT2D eigenvalue weighted by Gasteiger charge is 2.30. The molecule has 1 aliphatic rings. The molecule has 0 saturated carbocycles. The minimum atomic E-state index is -0.551. The molecule has 4 heteroatoms. The minimum Gasteiger partial charge on any atom is -0.388 e. The molecule has 0 spiro atoms. The van der Waals surface area contributed by atoms with E-state index in [4.69, 9.17) is 4.74 Å². The summed E-state index contributed by atoms with van der Waals surface area (Å²) in [7, 11) is 2.08. The summed E-state index contributed by atoms with van der Waals surface area (Å²) < 4.78 is 5.30. The minimum absolute atomic E-state index is 0.551. The smallest absolute Gasteiger partial charge is 0.0817 e. The Morgan fingerprint density at radius 2 is 1.95 bits per heavy atom. The van der Waals surface area contributed by atoms with Crippen molar-refractivity contribution in [2.45, 2.75) is 23.3 Å². The standard InChI is InChI=1S/C15H23NO2S/c1-16(13-15(17)7-10-18-11-8-15)9-12-19-14-5-3-2-4-6-14/h2-6,17H,7-13H2,1H3. The van der Waals surface area contributed by atoms with E-state index in [0.717, 1.165) is 31.7 Å². The fraction of sp³-hybridized carbons (Fsp3) is 0.600. The van der Waals surface area contributed by atoms with Crippen molar-refractivity contribution in [1.29, 1.82) is 0 Å². The topological polar surface area (TPSA) is 32.7 Å². The Hall–Kier alpha value is -0.550. The van der Waals surface area contributed by atoms with Crippen LogP contribution in [0.1, 0.15) is 12.8 Å². The van der Waals surface area contributed by atoms with Gasteiger partial charge in [-0.2, -0.15) is 0 Å². The maximum Gasteiger partial charge on any atom is 0.0817 e. The van der Waals surface area contributed by atoms with Crippen LogP contribution in [0.4, 0.5) is 0 Å². The van der Waals surface area contributed by atoms with E-state index in [-0.39, 0.29) is 0 Å². The lowest BCUT2D eigenvalue weighted by Crippen LogP contribution is -2.46. The van der Waals surface area contributed by atoms with Gasteiger partial charge in [0.25, 0.3) is 0 Å². The molecule has 1 saturated heterocycles. The molecule has 0 aromatic heterocycles. The van der Waals surface area contributed by atoms with E-state index in [1.165, 1.54) is 4.90 Å². The van der Waals surface area contributed by atoms with Crippen molar-refractivity contribution in [2.24, 2.45) is 0 Å². The third-order valence-corrected chi connectivity index (χ3v) is 4.46. The summed E-state index contributed by atoms with van der Waals surface area (Å²) in [6.07, 6.45) is 1.51. The van der Waals surface area contributed by atoms with Gasteiger partial charge in [0.15, 0.2) is 0 Å². The molecule has 1 aromatic rings. The highest BCUT2D eigenvalue weighted by Crippen LogP contribution is 2.22. The fourth-order valence-electron chi connectivity index (χ4n) is 2.33. The van der Waals surface area contributed by atoms with Crippen molar-refractivity contribution in [3.63, 3.8) is 0 Å². The highest BCUT2D eigenvalue weighted by molar-refractivity contribution is 7.99. The number of thioether (sulfide) groups is 1. The lowest BCUT2D eigenvalue weighted by Gasteiger charge is -2.35. The molecular weight excluding hydrogens is 258 g/mol. The summed E-state index contributed by atoms with van der Waals surface area (Å²) in [4.78, 5) is 3.53. The van der Waals surface area contributed by atoms with Crippen LogP contribution in [0.15, 0.2) is 35.2 Å². The van der Waals surface area contributed by atoms with Crippen molar-refractivity contribution in [3.8, 4) is 0 Å². The number of rotatable bonds is 6. The van der Waals surface area contributed by atoms with Gasteiger partial charge in [-0.15, -0.1) is 11.8 Å². The van der Waals surface area contributed by atoms with Crippen LogP contribution < -0.4 is 0 Å². The van der Waals surface area contributed by atoms with Crippen molar-refractivity contribution < 1.29 is 9.84 Å². The van der Waals surface area contributed by atoms with Gasteiger partial charge < -0.3 is 14.7 Å². The van der Waals surface area contributed by atoms with Crippen LogP contribution in [-0.4, -0.2) is 54.7 Å². The van der Waals surface area contributed by atoms with E-state index in [1.807, 2.05) is 17.8 Å². The molecule has 1 heterocycles. The summed E-state index contributed by atoms with van der Waals surface area (Å²) in [5, 5.41) is 10.4. The molecule has 0 bridgehead atoms.